The van der Waals surface area contributed by atoms with Gasteiger partial charge in [-0.2, -0.15) is 13.2 Å². The first-order valence-electron chi connectivity index (χ1n) is 7.22. The highest BCUT2D eigenvalue weighted by Gasteiger charge is 2.38. The maximum atomic E-state index is 13.1. The molecule has 1 aromatic carbocycles. The van der Waals surface area contributed by atoms with Gasteiger partial charge in [-0.1, -0.05) is 32.0 Å². The number of rotatable bonds is 2. The summed E-state index contributed by atoms with van der Waals surface area (Å²) in [6.07, 6.45) is -1.73. The van der Waals surface area contributed by atoms with Gasteiger partial charge in [-0.25, -0.2) is 0 Å². The Kier molecular flexibility index (Phi) is 4.43. The predicted molar refractivity (Wildman–Crippen MR) is 74.3 cm³/mol. The fourth-order valence-corrected chi connectivity index (χ4v) is 3.27. The van der Waals surface area contributed by atoms with Crippen molar-refractivity contribution in [3.63, 3.8) is 0 Å². The molecule has 0 spiro atoms. The molecule has 1 saturated carbocycles. The molecule has 0 heterocycles. The fourth-order valence-electron chi connectivity index (χ4n) is 3.27. The van der Waals surface area contributed by atoms with Crippen LogP contribution in [0.2, 0.25) is 0 Å². The van der Waals surface area contributed by atoms with Crippen molar-refractivity contribution < 1.29 is 13.2 Å². The van der Waals surface area contributed by atoms with Gasteiger partial charge in [0.15, 0.2) is 0 Å². The molecule has 1 aliphatic rings. The molecule has 0 radical (unpaired) electrons. The molecule has 3 atom stereocenters. The van der Waals surface area contributed by atoms with E-state index in [-0.39, 0.29) is 12.0 Å². The highest BCUT2D eigenvalue weighted by Crippen LogP contribution is 2.43. The number of hydrogen-bond acceptors (Lipinski definition) is 1. The number of alkyl halides is 3. The van der Waals surface area contributed by atoms with Gasteiger partial charge in [-0.15, -0.1) is 0 Å². The van der Waals surface area contributed by atoms with Gasteiger partial charge in [0.1, 0.15) is 0 Å². The smallest absolute Gasteiger partial charge is 0.327 e. The van der Waals surface area contributed by atoms with Crippen LogP contribution in [0.15, 0.2) is 24.3 Å². The van der Waals surface area contributed by atoms with Crippen LogP contribution in [0.5, 0.6) is 0 Å². The summed E-state index contributed by atoms with van der Waals surface area (Å²) in [5.41, 5.74) is 5.97. The minimum absolute atomic E-state index is 0.173. The third-order valence-electron chi connectivity index (χ3n) is 4.55. The van der Waals surface area contributed by atoms with Gasteiger partial charge in [0, 0.05) is 6.04 Å². The first-order chi connectivity index (χ1) is 9.30. The highest BCUT2D eigenvalue weighted by atomic mass is 19.4. The van der Waals surface area contributed by atoms with Crippen molar-refractivity contribution in [3.05, 3.63) is 35.4 Å². The maximum Gasteiger partial charge on any atom is 0.416 e. The quantitative estimate of drug-likeness (QED) is 0.846. The summed E-state index contributed by atoms with van der Waals surface area (Å²) in [5.74, 6) is 0.762. The van der Waals surface area contributed by atoms with Crippen LogP contribution in [0.25, 0.3) is 0 Å². The Labute approximate surface area is 118 Å². The van der Waals surface area contributed by atoms with Crippen LogP contribution in [0.3, 0.4) is 0 Å². The third-order valence-corrected chi connectivity index (χ3v) is 4.55. The molecule has 3 unspecified atom stereocenters. The third kappa shape index (κ3) is 3.17. The molecule has 2 rings (SSSR count). The Balaban J connectivity index is 2.34. The van der Waals surface area contributed by atoms with E-state index in [1.54, 1.807) is 12.1 Å². The first kappa shape index (κ1) is 15.4. The highest BCUT2D eigenvalue weighted by molar-refractivity contribution is 5.34. The second-order valence-electron chi connectivity index (χ2n) is 6.17. The second kappa shape index (κ2) is 5.76. The average Bonchev–Trinajstić information content (AvgIpc) is 2.38. The number of nitrogens with two attached hydrogens (primary N) is 1. The summed E-state index contributed by atoms with van der Waals surface area (Å²) in [5, 5.41) is 0. The van der Waals surface area contributed by atoms with Crippen LogP contribution >= 0.6 is 0 Å². The maximum absolute atomic E-state index is 13.1. The lowest BCUT2D eigenvalue weighted by atomic mass is 9.70. The summed E-state index contributed by atoms with van der Waals surface area (Å²) in [4.78, 5) is 0. The molecule has 1 fully saturated rings. The molecule has 0 bridgehead atoms. The van der Waals surface area contributed by atoms with Crippen molar-refractivity contribution in [3.8, 4) is 0 Å². The Bertz CT molecular complexity index is 453. The van der Waals surface area contributed by atoms with E-state index in [0.29, 0.717) is 17.4 Å². The van der Waals surface area contributed by atoms with Crippen LogP contribution in [-0.4, -0.2) is 6.04 Å². The van der Waals surface area contributed by atoms with Crippen LogP contribution < -0.4 is 5.73 Å². The van der Waals surface area contributed by atoms with E-state index in [9.17, 15) is 13.2 Å². The van der Waals surface area contributed by atoms with Crippen molar-refractivity contribution in [1.82, 2.24) is 0 Å². The first-order valence-corrected chi connectivity index (χ1v) is 7.22. The van der Waals surface area contributed by atoms with E-state index in [1.165, 1.54) is 12.1 Å². The topological polar surface area (TPSA) is 26.0 Å². The molecular weight excluding hydrogens is 263 g/mol. The molecule has 112 valence electrons. The molecule has 1 aromatic rings. The SMILES string of the molecule is CC(C)C1CCC(N)C(c2ccccc2C(F)(F)F)C1. The summed E-state index contributed by atoms with van der Waals surface area (Å²) >= 11 is 0. The summed E-state index contributed by atoms with van der Waals surface area (Å²) in [6.45, 7) is 4.27. The molecular formula is C16H22F3N. The lowest BCUT2D eigenvalue weighted by molar-refractivity contribution is -0.138. The molecule has 20 heavy (non-hydrogen) atoms. The lowest BCUT2D eigenvalue weighted by Crippen LogP contribution is -2.36. The van der Waals surface area contributed by atoms with Crippen LogP contribution in [0.1, 0.15) is 50.2 Å². The molecule has 0 amide bonds. The van der Waals surface area contributed by atoms with Crippen molar-refractivity contribution in [2.75, 3.05) is 0 Å². The molecule has 1 nitrogen and oxygen atoms in total. The average molecular weight is 285 g/mol. The molecule has 0 aromatic heterocycles. The van der Waals surface area contributed by atoms with Gasteiger partial charge in [-0.05, 0) is 48.6 Å². The van der Waals surface area contributed by atoms with E-state index < -0.39 is 11.7 Å². The van der Waals surface area contributed by atoms with Gasteiger partial charge in [0.05, 0.1) is 5.56 Å². The van der Waals surface area contributed by atoms with Gasteiger partial charge < -0.3 is 5.73 Å². The zero-order chi connectivity index (χ0) is 14.9. The zero-order valence-electron chi connectivity index (χ0n) is 12.0. The Morgan fingerprint density at radius 1 is 1.15 bits per heavy atom. The van der Waals surface area contributed by atoms with E-state index in [1.807, 2.05) is 0 Å². The van der Waals surface area contributed by atoms with Gasteiger partial charge in [-0.3, -0.25) is 0 Å². The minimum atomic E-state index is -4.30. The lowest BCUT2D eigenvalue weighted by Gasteiger charge is -2.37. The zero-order valence-corrected chi connectivity index (χ0v) is 12.0. The van der Waals surface area contributed by atoms with Crippen LogP contribution in [0, 0.1) is 11.8 Å². The molecule has 0 aliphatic heterocycles. The summed E-state index contributed by atoms with van der Waals surface area (Å²) in [7, 11) is 0. The molecule has 4 heteroatoms. The Morgan fingerprint density at radius 3 is 2.40 bits per heavy atom. The van der Waals surface area contributed by atoms with Gasteiger partial charge in [0.25, 0.3) is 0 Å². The van der Waals surface area contributed by atoms with E-state index in [2.05, 4.69) is 13.8 Å². The summed E-state index contributed by atoms with van der Waals surface area (Å²) < 4.78 is 39.4. The van der Waals surface area contributed by atoms with Crippen molar-refractivity contribution in [2.24, 2.45) is 17.6 Å². The number of hydrogen-bond donors (Lipinski definition) is 1. The molecule has 1 aliphatic carbocycles. The van der Waals surface area contributed by atoms with Gasteiger partial charge in [0.2, 0.25) is 0 Å². The van der Waals surface area contributed by atoms with E-state index >= 15 is 0 Å². The normalized spacial score (nSPS) is 27.9. The molecule has 2 N–H and O–H groups in total. The predicted octanol–water partition coefficient (Wildman–Crippen LogP) is 4.57. The minimum Gasteiger partial charge on any atom is -0.327 e. The second-order valence-corrected chi connectivity index (χ2v) is 6.17. The summed E-state index contributed by atoms with van der Waals surface area (Å²) in [6, 6.07) is 5.71. The van der Waals surface area contributed by atoms with E-state index in [4.69, 9.17) is 5.73 Å². The van der Waals surface area contributed by atoms with Crippen molar-refractivity contribution >= 4 is 0 Å². The Morgan fingerprint density at radius 2 is 1.80 bits per heavy atom. The molecule has 0 saturated heterocycles. The monoisotopic (exact) mass is 285 g/mol. The van der Waals surface area contributed by atoms with Crippen LogP contribution in [-0.2, 0) is 6.18 Å². The number of halogens is 3. The largest absolute Gasteiger partial charge is 0.416 e. The van der Waals surface area contributed by atoms with Crippen molar-refractivity contribution in [2.45, 2.75) is 51.2 Å². The standard InChI is InChI=1S/C16H22F3N/c1-10(2)11-7-8-15(20)13(9-11)12-5-3-4-6-14(12)16(17,18)19/h3-6,10-11,13,15H,7-9,20H2,1-2H3. The fraction of sp³-hybridized carbons (Fsp3) is 0.625. The van der Waals surface area contributed by atoms with Crippen molar-refractivity contribution in [1.29, 1.82) is 0 Å². The van der Waals surface area contributed by atoms with Crippen LogP contribution in [0.4, 0.5) is 13.2 Å². The van der Waals surface area contributed by atoms with E-state index in [0.717, 1.165) is 19.3 Å². The number of benzene rings is 1. The van der Waals surface area contributed by atoms with Gasteiger partial charge >= 0.3 is 6.18 Å². The Hall–Kier alpha value is -1.03.